The van der Waals surface area contributed by atoms with Gasteiger partial charge in [0, 0.05) is 11.8 Å². The molecule has 0 fully saturated rings. The van der Waals surface area contributed by atoms with Crippen molar-refractivity contribution in [2.24, 2.45) is 0 Å². The normalized spacial score (nSPS) is 10.7. The van der Waals surface area contributed by atoms with Gasteiger partial charge in [0.25, 0.3) is 0 Å². The predicted octanol–water partition coefficient (Wildman–Crippen LogP) is 4.04. The summed E-state index contributed by atoms with van der Waals surface area (Å²) in [6.07, 6.45) is 1.97. The number of aromatic nitrogens is 2. The quantitative estimate of drug-likeness (QED) is 0.524. The summed E-state index contributed by atoms with van der Waals surface area (Å²) in [6.45, 7) is 1.82. The summed E-state index contributed by atoms with van der Waals surface area (Å²) < 4.78 is 57.9. The first-order valence-corrected chi connectivity index (χ1v) is 9.62. The number of halogens is 3. The number of hydrogen-bond acceptors (Lipinski definition) is 6. The Balaban J connectivity index is 2.09. The van der Waals surface area contributed by atoms with Crippen LogP contribution in [0.3, 0.4) is 0 Å². The van der Waals surface area contributed by atoms with E-state index in [0.717, 1.165) is 17.7 Å². The summed E-state index contributed by atoms with van der Waals surface area (Å²) >= 11 is 0. The number of methoxy groups -OCH3 is 3. The molecule has 0 aliphatic heterocycles. The van der Waals surface area contributed by atoms with E-state index >= 15 is 0 Å². The zero-order valence-corrected chi connectivity index (χ0v) is 18.0. The van der Waals surface area contributed by atoms with Crippen LogP contribution >= 0.6 is 0 Å². The second-order valence-electron chi connectivity index (χ2n) is 6.78. The maximum atomic E-state index is 13.7. The maximum absolute atomic E-state index is 13.7. The third-order valence-electron chi connectivity index (χ3n) is 4.82. The fourth-order valence-electron chi connectivity index (χ4n) is 3.18. The lowest BCUT2D eigenvalue weighted by Crippen LogP contribution is -2.19. The Morgan fingerprint density at radius 1 is 0.938 bits per heavy atom. The smallest absolute Gasteiger partial charge is 0.316 e. The Labute approximate surface area is 182 Å². The van der Waals surface area contributed by atoms with Crippen molar-refractivity contribution in [3.63, 3.8) is 0 Å². The molecule has 0 bridgehead atoms. The molecule has 0 spiro atoms. The number of aryl methyl sites for hydroxylation is 1. The van der Waals surface area contributed by atoms with Gasteiger partial charge >= 0.3 is 5.56 Å². The molecule has 0 aliphatic rings. The first-order chi connectivity index (χ1) is 15.3. The molecule has 10 heteroatoms. The third kappa shape index (κ3) is 4.63. The fraction of sp³-hybridized carbons (Fsp3) is 0.273. The molecule has 170 valence electrons. The molecule has 1 N–H and O–H groups in total. The summed E-state index contributed by atoms with van der Waals surface area (Å²) in [5.41, 5.74) is 0.923. The van der Waals surface area contributed by atoms with Gasteiger partial charge in [-0.25, -0.2) is 13.2 Å². The molecule has 3 aromatic rings. The van der Waals surface area contributed by atoms with Crippen LogP contribution in [0.5, 0.6) is 17.2 Å². The van der Waals surface area contributed by atoms with Crippen molar-refractivity contribution < 1.29 is 27.4 Å². The largest absolute Gasteiger partial charge is 0.493 e. The van der Waals surface area contributed by atoms with E-state index in [1.165, 1.54) is 32.1 Å². The summed E-state index contributed by atoms with van der Waals surface area (Å²) in [6, 6.07) is 5.23. The molecule has 3 rings (SSSR count). The molecule has 1 aromatic heterocycles. The van der Waals surface area contributed by atoms with E-state index in [9.17, 15) is 18.0 Å². The zero-order chi connectivity index (χ0) is 23.4. The van der Waals surface area contributed by atoms with Crippen LogP contribution in [0.15, 0.2) is 35.3 Å². The second-order valence-corrected chi connectivity index (χ2v) is 6.78. The molecule has 0 atom stereocenters. The molecule has 0 amide bonds. The van der Waals surface area contributed by atoms with Crippen LogP contribution in [-0.2, 0) is 13.0 Å². The highest BCUT2D eigenvalue weighted by Gasteiger charge is 2.16. The van der Waals surface area contributed by atoms with Crippen molar-refractivity contribution in [1.29, 1.82) is 0 Å². The van der Waals surface area contributed by atoms with Gasteiger partial charge in [-0.15, -0.1) is 0 Å². The number of hydrogen-bond donors (Lipinski definition) is 1. The summed E-state index contributed by atoms with van der Waals surface area (Å²) in [5.74, 6) is -3.18. The predicted molar refractivity (Wildman–Crippen MR) is 113 cm³/mol. The Morgan fingerprint density at radius 2 is 1.53 bits per heavy atom. The van der Waals surface area contributed by atoms with Gasteiger partial charge in [-0.1, -0.05) is 6.92 Å². The van der Waals surface area contributed by atoms with Crippen molar-refractivity contribution in [3.8, 4) is 17.2 Å². The molecule has 0 saturated heterocycles. The highest BCUT2D eigenvalue weighted by molar-refractivity contribution is 5.65. The first-order valence-electron chi connectivity index (χ1n) is 9.62. The Bertz CT molecular complexity index is 1170. The minimum atomic E-state index is -1.55. The number of rotatable bonds is 8. The van der Waals surface area contributed by atoms with Gasteiger partial charge in [-0.05, 0) is 35.7 Å². The van der Waals surface area contributed by atoms with E-state index in [-0.39, 0.29) is 23.8 Å². The molecule has 0 unspecified atom stereocenters. The molecule has 0 saturated carbocycles. The van der Waals surface area contributed by atoms with Crippen molar-refractivity contribution in [3.05, 3.63) is 69.4 Å². The van der Waals surface area contributed by atoms with Crippen LogP contribution in [0, 0.1) is 17.5 Å². The fourth-order valence-corrected chi connectivity index (χ4v) is 3.18. The van der Waals surface area contributed by atoms with Gasteiger partial charge in [0.05, 0.1) is 34.1 Å². The Kier molecular flexibility index (Phi) is 6.92. The summed E-state index contributed by atoms with van der Waals surface area (Å²) in [5, 5.41) is 3.07. The summed E-state index contributed by atoms with van der Waals surface area (Å²) in [4.78, 5) is 16.3. The minimum absolute atomic E-state index is 0.0679. The van der Waals surface area contributed by atoms with E-state index in [2.05, 4.69) is 10.3 Å². The van der Waals surface area contributed by atoms with Crippen LogP contribution < -0.4 is 25.1 Å². The van der Waals surface area contributed by atoms with E-state index in [1.807, 2.05) is 6.92 Å². The monoisotopic (exact) mass is 449 g/mol. The van der Waals surface area contributed by atoms with Gasteiger partial charge < -0.3 is 24.1 Å². The minimum Gasteiger partial charge on any atom is -0.493 e. The van der Waals surface area contributed by atoms with Crippen LogP contribution in [-0.4, -0.2) is 30.9 Å². The van der Waals surface area contributed by atoms with Gasteiger partial charge in [0.2, 0.25) is 11.7 Å². The van der Waals surface area contributed by atoms with Crippen LogP contribution in [0.1, 0.15) is 18.1 Å². The molecule has 32 heavy (non-hydrogen) atoms. The van der Waals surface area contributed by atoms with Crippen LogP contribution in [0.25, 0.3) is 0 Å². The molecule has 0 radical (unpaired) electrons. The number of benzene rings is 2. The second kappa shape index (κ2) is 9.63. The average molecular weight is 449 g/mol. The van der Waals surface area contributed by atoms with Crippen molar-refractivity contribution >= 4 is 11.6 Å². The molecule has 0 aliphatic carbocycles. The Hall–Kier alpha value is -3.69. The van der Waals surface area contributed by atoms with Gasteiger partial charge in [-0.3, -0.25) is 4.79 Å². The molecule has 2 aromatic carbocycles. The van der Waals surface area contributed by atoms with E-state index < -0.39 is 23.0 Å². The number of ether oxygens (including phenoxy) is 3. The molecule has 7 nitrogen and oxygen atoms in total. The topological polar surface area (TPSA) is 74.6 Å². The summed E-state index contributed by atoms with van der Waals surface area (Å²) in [7, 11) is 4.32. The maximum Gasteiger partial charge on any atom is 0.316 e. The molecular weight excluding hydrogens is 427 g/mol. The van der Waals surface area contributed by atoms with E-state index in [0.29, 0.717) is 23.6 Å². The van der Waals surface area contributed by atoms with E-state index in [4.69, 9.17) is 14.2 Å². The van der Waals surface area contributed by atoms with Crippen LogP contribution in [0.4, 0.5) is 24.8 Å². The van der Waals surface area contributed by atoms with Crippen molar-refractivity contribution in [2.75, 3.05) is 26.6 Å². The number of nitrogens with one attached hydrogen (secondary N) is 1. The first kappa shape index (κ1) is 23.0. The average Bonchev–Trinajstić information content (AvgIpc) is 2.78. The van der Waals surface area contributed by atoms with Crippen LogP contribution in [0.2, 0.25) is 0 Å². The third-order valence-corrected chi connectivity index (χ3v) is 4.82. The Morgan fingerprint density at radius 3 is 2.09 bits per heavy atom. The lowest BCUT2D eigenvalue weighted by Gasteiger charge is -2.18. The highest BCUT2D eigenvalue weighted by atomic mass is 19.2. The van der Waals surface area contributed by atoms with Crippen molar-refractivity contribution in [2.45, 2.75) is 19.9 Å². The van der Waals surface area contributed by atoms with Gasteiger partial charge in [-0.2, -0.15) is 4.98 Å². The van der Waals surface area contributed by atoms with E-state index in [1.54, 1.807) is 12.1 Å². The highest BCUT2D eigenvalue weighted by Crippen LogP contribution is 2.35. The number of anilines is 2. The lowest BCUT2D eigenvalue weighted by atomic mass is 10.1. The number of nitrogens with zero attached hydrogens (tertiary/aromatic N) is 2. The van der Waals surface area contributed by atoms with Crippen molar-refractivity contribution in [1.82, 2.24) is 9.55 Å². The standard InChI is InChI=1S/C22H22F3N3O4/c1-5-13-8-17(30-2)18(31-3)9-16(13)26-22-27-21(29)19(32-4)11-28(22)10-12-6-14(23)20(25)15(24)7-12/h6-9,11H,5,10H2,1-4H3,(H,26,27,29). The zero-order valence-electron chi connectivity index (χ0n) is 18.0. The molecular formula is C22H22F3N3O4. The molecule has 1 heterocycles. The van der Waals surface area contributed by atoms with Gasteiger partial charge in [0.15, 0.2) is 29.0 Å². The van der Waals surface area contributed by atoms with Gasteiger partial charge in [0.1, 0.15) is 0 Å². The lowest BCUT2D eigenvalue weighted by molar-refractivity contribution is 0.355. The SMILES string of the molecule is CCc1cc(OC)c(OC)cc1Nc1nc(=O)c(OC)cn1Cc1cc(F)c(F)c(F)c1.